The van der Waals surface area contributed by atoms with Gasteiger partial charge in [-0.05, 0) is 62.4 Å². The summed E-state index contributed by atoms with van der Waals surface area (Å²) in [6.07, 6.45) is 21.6. The van der Waals surface area contributed by atoms with E-state index in [1.54, 1.807) is 0 Å². The first-order valence-electron chi connectivity index (χ1n) is 17.3. The first-order valence-corrected chi connectivity index (χ1v) is 19.9. The Labute approximate surface area is 288 Å². The minimum absolute atomic E-state index is 0.0705. The van der Waals surface area contributed by atoms with E-state index in [2.05, 4.69) is 34.5 Å². The summed E-state index contributed by atoms with van der Waals surface area (Å²) in [7, 11) is -3.95. The molecule has 14 heteroatoms. The molecule has 1 amide bonds. The molecule has 1 aliphatic rings. The molecule has 0 aliphatic carbocycles. The maximum atomic E-state index is 13.6. The number of unbranched alkanes of at least 4 members (excludes halogenated alkanes) is 11. The SMILES string of the molecule is CCCCCCCC/C=C\CCCCCCCC(=O)NCCNP(=O)(OC[C@@H]1O[C@H](n2ccc(N)nc2=O)CS1)Oc1ccc(F)cc1. The first kappa shape index (κ1) is 39.7. The van der Waals surface area contributed by atoms with Crippen molar-refractivity contribution in [2.75, 3.05) is 31.2 Å². The molecule has 0 bridgehead atoms. The number of benzene rings is 1. The number of aromatic nitrogens is 2. The van der Waals surface area contributed by atoms with Crippen LogP contribution in [0.25, 0.3) is 0 Å². The van der Waals surface area contributed by atoms with Gasteiger partial charge in [-0.1, -0.05) is 70.4 Å². The molecule has 4 N–H and O–H groups in total. The van der Waals surface area contributed by atoms with Gasteiger partial charge in [-0.2, -0.15) is 4.98 Å². The van der Waals surface area contributed by atoms with Crippen LogP contribution >= 0.6 is 19.5 Å². The Morgan fingerprint density at radius 2 is 1.71 bits per heavy atom. The molecule has 3 atom stereocenters. The second-order valence-electron chi connectivity index (χ2n) is 11.8. The fourth-order valence-corrected chi connectivity index (χ4v) is 7.47. The summed E-state index contributed by atoms with van der Waals surface area (Å²) < 4.78 is 45.6. The second kappa shape index (κ2) is 22.8. The molecule has 1 aliphatic heterocycles. The molecule has 1 fully saturated rings. The number of nitrogens with two attached hydrogens (primary N) is 1. The second-order valence-corrected chi connectivity index (χ2v) is 14.8. The lowest BCUT2D eigenvalue weighted by molar-refractivity contribution is -0.121. The zero-order valence-electron chi connectivity index (χ0n) is 28.2. The van der Waals surface area contributed by atoms with Gasteiger partial charge in [0.05, 0.1) is 6.61 Å². The van der Waals surface area contributed by atoms with Crippen LogP contribution in [0.3, 0.4) is 0 Å². The van der Waals surface area contributed by atoms with Crippen molar-refractivity contribution in [3.63, 3.8) is 0 Å². The topological polar surface area (TPSA) is 147 Å². The smallest absolute Gasteiger partial charge is 0.413 e. The molecule has 2 aromatic rings. The molecule has 0 spiro atoms. The number of nitrogens with one attached hydrogen (secondary N) is 2. The third-order valence-corrected chi connectivity index (χ3v) is 10.4. The van der Waals surface area contributed by atoms with E-state index < -0.39 is 30.9 Å². The molecule has 1 aromatic heterocycles. The lowest BCUT2D eigenvalue weighted by Gasteiger charge is -2.22. The number of anilines is 1. The molecule has 3 rings (SSSR count). The van der Waals surface area contributed by atoms with Gasteiger partial charge < -0.3 is 20.3 Å². The van der Waals surface area contributed by atoms with Crippen molar-refractivity contribution < 1.29 is 27.5 Å². The number of rotatable bonds is 25. The van der Waals surface area contributed by atoms with Crippen LogP contribution in [0.4, 0.5) is 10.2 Å². The number of hydrogen-bond donors (Lipinski definition) is 3. The van der Waals surface area contributed by atoms with E-state index in [1.165, 1.54) is 111 Å². The number of carbonyl (C=O) groups is 1. The molecule has 48 heavy (non-hydrogen) atoms. The number of nitrogen functional groups attached to an aromatic ring is 1. The number of carbonyl (C=O) groups excluding carboxylic acids is 1. The Balaban J connectivity index is 1.30. The van der Waals surface area contributed by atoms with Crippen molar-refractivity contribution in [3.05, 3.63) is 65.0 Å². The number of amides is 1. The highest BCUT2D eigenvalue weighted by atomic mass is 32.2. The number of allylic oxidation sites excluding steroid dienone is 2. The summed E-state index contributed by atoms with van der Waals surface area (Å²) in [6, 6.07) is 6.58. The van der Waals surface area contributed by atoms with Gasteiger partial charge in [0, 0.05) is 31.5 Å². The van der Waals surface area contributed by atoms with Crippen LogP contribution in [0.2, 0.25) is 0 Å². The van der Waals surface area contributed by atoms with Gasteiger partial charge in [0.2, 0.25) is 5.91 Å². The van der Waals surface area contributed by atoms with Gasteiger partial charge >= 0.3 is 13.4 Å². The monoisotopic (exact) mass is 709 g/mol. The van der Waals surface area contributed by atoms with Crippen molar-refractivity contribution in [2.24, 2.45) is 0 Å². The molecule has 2 heterocycles. The Morgan fingerprint density at radius 3 is 2.40 bits per heavy atom. The predicted octanol–water partition coefficient (Wildman–Crippen LogP) is 7.50. The largest absolute Gasteiger partial charge is 0.458 e. The number of nitrogens with zero attached hydrogens (tertiary/aromatic N) is 2. The molecule has 0 radical (unpaired) electrons. The van der Waals surface area contributed by atoms with E-state index in [0.717, 1.165) is 25.7 Å². The molecular weight excluding hydrogens is 656 g/mol. The van der Waals surface area contributed by atoms with Gasteiger partial charge in [0.15, 0.2) is 0 Å². The highest BCUT2D eigenvalue weighted by Gasteiger charge is 2.33. The summed E-state index contributed by atoms with van der Waals surface area (Å²) >= 11 is 1.38. The lowest BCUT2D eigenvalue weighted by atomic mass is 10.1. The average molecular weight is 710 g/mol. The van der Waals surface area contributed by atoms with Crippen molar-refractivity contribution in [3.8, 4) is 5.75 Å². The lowest BCUT2D eigenvalue weighted by Crippen LogP contribution is -2.32. The fraction of sp³-hybridized carbons (Fsp3) is 0.618. The van der Waals surface area contributed by atoms with Gasteiger partial charge in [-0.25, -0.2) is 18.8 Å². The van der Waals surface area contributed by atoms with Crippen molar-refractivity contribution >= 4 is 31.2 Å². The number of ether oxygens (including phenoxy) is 1. The van der Waals surface area contributed by atoms with Gasteiger partial charge in [0.1, 0.15) is 29.0 Å². The molecule has 11 nitrogen and oxygen atoms in total. The van der Waals surface area contributed by atoms with Gasteiger partial charge in [0.25, 0.3) is 0 Å². The van der Waals surface area contributed by atoms with E-state index in [1.807, 2.05) is 0 Å². The number of halogens is 1. The van der Waals surface area contributed by atoms with Crippen LogP contribution in [0.1, 0.15) is 103 Å². The highest BCUT2D eigenvalue weighted by Crippen LogP contribution is 2.45. The van der Waals surface area contributed by atoms with E-state index in [9.17, 15) is 18.5 Å². The third-order valence-electron chi connectivity index (χ3n) is 7.73. The Morgan fingerprint density at radius 1 is 1.04 bits per heavy atom. The first-order chi connectivity index (χ1) is 23.3. The quantitative estimate of drug-likeness (QED) is 0.0538. The summed E-state index contributed by atoms with van der Waals surface area (Å²) in [5, 5.41) is 5.61. The van der Waals surface area contributed by atoms with E-state index in [4.69, 9.17) is 19.5 Å². The van der Waals surface area contributed by atoms with Crippen LogP contribution in [-0.2, 0) is 18.6 Å². The minimum atomic E-state index is -3.95. The molecule has 1 saturated heterocycles. The fourth-order valence-electron chi connectivity index (χ4n) is 5.06. The van der Waals surface area contributed by atoms with Crippen molar-refractivity contribution in [1.29, 1.82) is 0 Å². The van der Waals surface area contributed by atoms with Crippen LogP contribution in [-0.4, -0.2) is 46.3 Å². The highest BCUT2D eigenvalue weighted by molar-refractivity contribution is 8.00. The normalized spacial score (nSPS) is 17.5. The predicted molar refractivity (Wildman–Crippen MR) is 190 cm³/mol. The zero-order valence-corrected chi connectivity index (χ0v) is 29.9. The standard InChI is InChI=1S/C34H53FN5O6PS/c1-2-3-4-5-6-7-8-9-10-11-12-13-14-15-16-17-31(41)37-23-24-38-47(43,46-29-20-18-28(35)19-21-29)44-26-33-45-32(27-48-33)40-25-22-30(36)39-34(40)42/h9-10,18-22,25,32-33H,2-8,11-17,23-24,26-27H2,1H3,(H,37,41)(H,38,43)(H2,36,39,42)/b10-9-/t32-,33+,47?/m0/s1. The Bertz CT molecular complexity index is 1350. The van der Waals surface area contributed by atoms with Crippen LogP contribution < -0.4 is 26.4 Å². The molecule has 1 unspecified atom stereocenters. The van der Waals surface area contributed by atoms with Gasteiger partial charge in [-0.3, -0.25) is 13.9 Å². The van der Waals surface area contributed by atoms with Crippen molar-refractivity contribution in [2.45, 2.75) is 108 Å². The summed E-state index contributed by atoms with van der Waals surface area (Å²) in [6.45, 7) is 2.46. The van der Waals surface area contributed by atoms with E-state index in [-0.39, 0.29) is 37.2 Å². The Hall–Kier alpha value is -2.70. The van der Waals surface area contributed by atoms with Gasteiger partial charge in [-0.15, -0.1) is 11.8 Å². The zero-order chi connectivity index (χ0) is 34.5. The maximum absolute atomic E-state index is 13.6. The molecule has 0 saturated carbocycles. The number of hydrogen-bond acceptors (Lipinski definition) is 9. The summed E-state index contributed by atoms with van der Waals surface area (Å²) in [5.74, 6) is 0.176. The summed E-state index contributed by atoms with van der Waals surface area (Å²) in [4.78, 5) is 28.2. The number of thioether (sulfide) groups is 1. The van der Waals surface area contributed by atoms with Crippen LogP contribution in [0.5, 0.6) is 5.75 Å². The summed E-state index contributed by atoms with van der Waals surface area (Å²) in [5.41, 5.74) is 4.49. The molecule has 1 aromatic carbocycles. The van der Waals surface area contributed by atoms with E-state index >= 15 is 0 Å². The van der Waals surface area contributed by atoms with Crippen molar-refractivity contribution in [1.82, 2.24) is 20.0 Å². The average Bonchev–Trinajstić information content (AvgIpc) is 3.54. The Kier molecular flexibility index (Phi) is 18.9. The van der Waals surface area contributed by atoms with Crippen LogP contribution in [0.15, 0.2) is 53.5 Å². The minimum Gasteiger partial charge on any atom is -0.413 e. The van der Waals surface area contributed by atoms with E-state index in [0.29, 0.717) is 12.2 Å². The maximum Gasteiger partial charge on any atom is 0.458 e. The third kappa shape index (κ3) is 16.1. The molecular formula is C34H53FN5O6PS. The molecule has 268 valence electrons. The van der Waals surface area contributed by atoms with Crippen LogP contribution in [0, 0.1) is 5.82 Å².